The molecule has 0 saturated carbocycles. The van der Waals surface area contributed by atoms with Crippen LogP contribution in [0.5, 0.6) is 0 Å². The SMILES string of the molecule is CC(C)C(=O)N/N=C/CCN. The normalized spacial score (nSPS) is 10.9. The van der Waals surface area contributed by atoms with Crippen molar-refractivity contribution in [2.24, 2.45) is 16.8 Å². The van der Waals surface area contributed by atoms with Crippen LogP contribution in [0.15, 0.2) is 5.10 Å². The Hall–Kier alpha value is -0.900. The third kappa shape index (κ3) is 5.54. The second-order valence-corrected chi connectivity index (χ2v) is 2.52. The lowest BCUT2D eigenvalue weighted by atomic mass is 10.2. The van der Waals surface area contributed by atoms with Crippen LogP contribution < -0.4 is 11.2 Å². The highest BCUT2D eigenvalue weighted by Crippen LogP contribution is 1.89. The molecule has 4 heteroatoms. The van der Waals surface area contributed by atoms with E-state index in [-0.39, 0.29) is 11.8 Å². The standard InChI is InChI=1S/C7H15N3O/c1-6(2)7(11)10-9-5-3-4-8/h5-6H,3-4,8H2,1-2H3,(H,10,11)/b9-5+. The van der Waals surface area contributed by atoms with E-state index in [2.05, 4.69) is 10.5 Å². The summed E-state index contributed by atoms with van der Waals surface area (Å²) in [6.07, 6.45) is 2.29. The summed E-state index contributed by atoms with van der Waals surface area (Å²) in [5, 5.41) is 3.68. The molecule has 0 heterocycles. The van der Waals surface area contributed by atoms with Gasteiger partial charge in [-0.1, -0.05) is 13.8 Å². The summed E-state index contributed by atoms with van der Waals surface area (Å²) >= 11 is 0. The highest BCUT2D eigenvalue weighted by molar-refractivity contribution is 5.78. The maximum absolute atomic E-state index is 10.8. The van der Waals surface area contributed by atoms with Crippen molar-refractivity contribution >= 4 is 12.1 Å². The number of amides is 1. The fourth-order valence-electron chi connectivity index (χ4n) is 0.377. The number of carbonyl (C=O) groups is 1. The number of rotatable bonds is 4. The van der Waals surface area contributed by atoms with Crippen LogP contribution in [-0.4, -0.2) is 18.7 Å². The Labute approximate surface area is 66.8 Å². The second kappa shape index (κ2) is 5.85. The van der Waals surface area contributed by atoms with Crippen molar-refractivity contribution in [1.29, 1.82) is 0 Å². The van der Waals surface area contributed by atoms with Gasteiger partial charge in [-0.15, -0.1) is 0 Å². The van der Waals surface area contributed by atoms with Gasteiger partial charge in [-0.3, -0.25) is 4.79 Å². The van der Waals surface area contributed by atoms with Crippen LogP contribution in [0, 0.1) is 5.92 Å². The van der Waals surface area contributed by atoms with Gasteiger partial charge in [0.2, 0.25) is 5.91 Å². The molecule has 0 radical (unpaired) electrons. The van der Waals surface area contributed by atoms with Gasteiger partial charge in [0, 0.05) is 12.1 Å². The number of nitrogens with zero attached hydrogens (tertiary/aromatic N) is 1. The van der Waals surface area contributed by atoms with E-state index in [4.69, 9.17) is 5.73 Å². The highest BCUT2D eigenvalue weighted by atomic mass is 16.2. The van der Waals surface area contributed by atoms with Crippen molar-refractivity contribution < 1.29 is 4.79 Å². The summed E-state index contributed by atoms with van der Waals surface area (Å²) in [5.74, 6) is -0.0942. The van der Waals surface area contributed by atoms with Gasteiger partial charge in [0.25, 0.3) is 0 Å². The summed E-state index contributed by atoms with van der Waals surface area (Å²) < 4.78 is 0. The molecular weight excluding hydrogens is 142 g/mol. The Morgan fingerprint density at radius 2 is 2.36 bits per heavy atom. The highest BCUT2D eigenvalue weighted by Gasteiger charge is 2.02. The van der Waals surface area contributed by atoms with E-state index < -0.39 is 0 Å². The van der Waals surface area contributed by atoms with Crippen molar-refractivity contribution in [1.82, 2.24) is 5.43 Å². The monoisotopic (exact) mass is 157 g/mol. The van der Waals surface area contributed by atoms with Gasteiger partial charge in [-0.05, 0) is 13.0 Å². The van der Waals surface area contributed by atoms with Gasteiger partial charge >= 0.3 is 0 Å². The summed E-state index contributed by atoms with van der Waals surface area (Å²) in [5.41, 5.74) is 7.59. The summed E-state index contributed by atoms with van der Waals surface area (Å²) in [7, 11) is 0. The molecular formula is C7H15N3O. The van der Waals surface area contributed by atoms with Crippen molar-refractivity contribution in [3.05, 3.63) is 0 Å². The van der Waals surface area contributed by atoms with Crippen LogP contribution in [-0.2, 0) is 4.79 Å². The molecule has 0 unspecified atom stereocenters. The summed E-state index contributed by atoms with van der Waals surface area (Å²) in [6, 6.07) is 0. The zero-order valence-electron chi connectivity index (χ0n) is 7.00. The first-order chi connectivity index (χ1) is 5.18. The minimum absolute atomic E-state index is 0.0231. The first-order valence-corrected chi connectivity index (χ1v) is 3.70. The number of hydrogen-bond donors (Lipinski definition) is 2. The zero-order valence-corrected chi connectivity index (χ0v) is 7.00. The Morgan fingerprint density at radius 1 is 1.73 bits per heavy atom. The van der Waals surface area contributed by atoms with Gasteiger partial charge in [-0.2, -0.15) is 5.10 Å². The number of hydrazone groups is 1. The van der Waals surface area contributed by atoms with Crippen molar-refractivity contribution in [2.45, 2.75) is 20.3 Å². The molecule has 0 aromatic heterocycles. The molecule has 0 bridgehead atoms. The average molecular weight is 157 g/mol. The molecule has 1 amide bonds. The van der Waals surface area contributed by atoms with E-state index in [0.717, 1.165) is 0 Å². The van der Waals surface area contributed by atoms with Crippen LogP contribution in [0.2, 0.25) is 0 Å². The average Bonchev–Trinajstić information content (AvgIpc) is 1.97. The van der Waals surface area contributed by atoms with E-state index >= 15 is 0 Å². The number of hydrogen-bond acceptors (Lipinski definition) is 3. The van der Waals surface area contributed by atoms with Gasteiger partial charge in [-0.25, -0.2) is 5.43 Å². The molecule has 0 aromatic carbocycles. The fourth-order valence-corrected chi connectivity index (χ4v) is 0.377. The van der Waals surface area contributed by atoms with Gasteiger partial charge < -0.3 is 5.73 Å². The second-order valence-electron chi connectivity index (χ2n) is 2.52. The maximum Gasteiger partial charge on any atom is 0.242 e. The Morgan fingerprint density at radius 3 is 2.82 bits per heavy atom. The molecule has 0 aliphatic carbocycles. The molecule has 11 heavy (non-hydrogen) atoms. The van der Waals surface area contributed by atoms with Crippen molar-refractivity contribution in [2.75, 3.05) is 6.54 Å². The lowest BCUT2D eigenvalue weighted by Crippen LogP contribution is -2.22. The molecule has 0 aromatic rings. The molecule has 0 spiro atoms. The molecule has 0 atom stereocenters. The van der Waals surface area contributed by atoms with Gasteiger partial charge in [0.05, 0.1) is 0 Å². The van der Waals surface area contributed by atoms with Gasteiger partial charge in [0.1, 0.15) is 0 Å². The lowest BCUT2D eigenvalue weighted by molar-refractivity contribution is -0.123. The van der Waals surface area contributed by atoms with Crippen LogP contribution in [0.4, 0.5) is 0 Å². The fraction of sp³-hybridized carbons (Fsp3) is 0.714. The minimum Gasteiger partial charge on any atom is -0.330 e. The number of carbonyl (C=O) groups excluding carboxylic acids is 1. The molecule has 64 valence electrons. The number of nitrogens with one attached hydrogen (secondary N) is 1. The third-order valence-corrected chi connectivity index (χ3v) is 1.09. The quantitative estimate of drug-likeness (QED) is 0.448. The van der Waals surface area contributed by atoms with Crippen LogP contribution in [0.3, 0.4) is 0 Å². The third-order valence-electron chi connectivity index (χ3n) is 1.09. The van der Waals surface area contributed by atoms with E-state index in [9.17, 15) is 4.79 Å². The Bertz CT molecular complexity index is 143. The van der Waals surface area contributed by atoms with E-state index in [0.29, 0.717) is 13.0 Å². The largest absolute Gasteiger partial charge is 0.330 e. The summed E-state index contributed by atoms with van der Waals surface area (Å²) in [6.45, 7) is 4.18. The molecule has 0 fully saturated rings. The predicted octanol–water partition coefficient (Wildman–Crippen LogP) is 0.0932. The van der Waals surface area contributed by atoms with Crippen LogP contribution >= 0.6 is 0 Å². The van der Waals surface area contributed by atoms with Crippen molar-refractivity contribution in [3.8, 4) is 0 Å². The maximum atomic E-state index is 10.8. The molecule has 0 saturated heterocycles. The van der Waals surface area contributed by atoms with E-state index in [1.54, 1.807) is 6.21 Å². The first kappa shape index (κ1) is 10.1. The Balaban J connectivity index is 3.45. The molecule has 0 aliphatic rings. The van der Waals surface area contributed by atoms with Crippen LogP contribution in [0.1, 0.15) is 20.3 Å². The topological polar surface area (TPSA) is 67.5 Å². The summed E-state index contributed by atoms with van der Waals surface area (Å²) in [4.78, 5) is 10.8. The number of nitrogens with two attached hydrogens (primary N) is 1. The Kier molecular flexibility index (Phi) is 5.37. The molecule has 4 nitrogen and oxygen atoms in total. The van der Waals surface area contributed by atoms with Gasteiger partial charge in [0.15, 0.2) is 0 Å². The zero-order chi connectivity index (χ0) is 8.69. The van der Waals surface area contributed by atoms with Crippen LogP contribution in [0.25, 0.3) is 0 Å². The minimum atomic E-state index is -0.0710. The molecule has 0 rings (SSSR count). The smallest absolute Gasteiger partial charge is 0.242 e. The first-order valence-electron chi connectivity index (χ1n) is 3.70. The predicted molar refractivity (Wildman–Crippen MR) is 45.1 cm³/mol. The molecule has 3 N–H and O–H groups in total. The lowest BCUT2D eigenvalue weighted by Gasteiger charge is -2.00. The molecule has 0 aliphatic heterocycles. The van der Waals surface area contributed by atoms with E-state index in [1.807, 2.05) is 13.8 Å². The van der Waals surface area contributed by atoms with Crippen molar-refractivity contribution in [3.63, 3.8) is 0 Å². The van der Waals surface area contributed by atoms with E-state index in [1.165, 1.54) is 0 Å².